The summed E-state index contributed by atoms with van der Waals surface area (Å²) in [6.07, 6.45) is 0.674. The maximum absolute atomic E-state index is 12.0. The van der Waals surface area contributed by atoms with Crippen molar-refractivity contribution in [2.45, 2.75) is 11.3 Å². The molecule has 0 amide bonds. The molecule has 6 heteroatoms. The van der Waals surface area contributed by atoms with Gasteiger partial charge in [-0.05, 0) is 42.1 Å². The monoisotopic (exact) mass is 292 g/mol. The third-order valence-corrected chi connectivity index (χ3v) is 4.95. The van der Waals surface area contributed by atoms with Crippen LogP contribution in [-0.4, -0.2) is 15.0 Å². The number of sulfonamides is 1. The highest BCUT2D eigenvalue weighted by Gasteiger charge is 2.13. The van der Waals surface area contributed by atoms with Crippen molar-refractivity contribution in [3.63, 3.8) is 0 Å². The molecule has 0 radical (unpaired) electrons. The van der Waals surface area contributed by atoms with E-state index in [1.54, 1.807) is 11.3 Å². The molecule has 2 rings (SSSR count). The SMILES string of the molecule is N#Cc1ccc(S(=O)(=O)NCCc2cccs2)cc1. The van der Waals surface area contributed by atoms with Gasteiger partial charge < -0.3 is 0 Å². The van der Waals surface area contributed by atoms with Crippen molar-refractivity contribution in [3.8, 4) is 6.07 Å². The second-order valence-corrected chi connectivity index (χ2v) is 6.66. The first-order valence-corrected chi connectivity index (χ1v) is 8.00. The Morgan fingerprint density at radius 2 is 1.95 bits per heavy atom. The Balaban J connectivity index is 1.99. The molecule has 1 heterocycles. The number of hydrogen-bond acceptors (Lipinski definition) is 4. The number of nitrogens with zero attached hydrogens (tertiary/aromatic N) is 1. The molecule has 1 aromatic heterocycles. The molecule has 98 valence electrons. The molecule has 4 nitrogen and oxygen atoms in total. The van der Waals surface area contributed by atoms with Crippen molar-refractivity contribution in [1.29, 1.82) is 5.26 Å². The van der Waals surface area contributed by atoms with E-state index < -0.39 is 10.0 Å². The van der Waals surface area contributed by atoms with Gasteiger partial charge in [0.25, 0.3) is 0 Å². The Morgan fingerprint density at radius 3 is 2.53 bits per heavy atom. The zero-order chi connectivity index (χ0) is 13.7. The summed E-state index contributed by atoms with van der Waals surface area (Å²) in [6, 6.07) is 11.7. The molecule has 0 aliphatic carbocycles. The average Bonchev–Trinajstić information content (AvgIpc) is 2.92. The molecule has 1 N–H and O–H groups in total. The molecule has 0 atom stereocenters. The first kappa shape index (κ1) is 13.7. The van der Waals surface area contributed by atoms with Crippen LogP contribution in [0.15, 0.2) is 46.7 Å². The van der Waals surface area contributed by atoms with Crippen LogP contribution in [0.2, 0.25) is 0 Å². The van der Waals surface area contributed by atoms with Gasteiger partial charge in [-0.2, -0.15) is 5.26 Å². The molecule has 0 bridgehead atoms. The van der Waals surface area contributed by atoms with Crippen LogP contribution in [0.25, 0.3) is 0 Å². The molecule has 0 aliphatic rings. The molecule has 0 saturated heterocycles. The van der Waals surface area contributed by atoms with Crippen molar-refractivity contribution in [2.24, 2.45) is 0 Å². The molecule has 2 aromatic rings. The van der Waals surface area contributed by atoms with Crippen LogP contribution in [0.5, 0.6) is 0 Å². The normalized spacial score (nSPS) is 11.1. The van der Waals surface area contributed by atoms with Gasteiger partial charge in [0, 0.05) is 11.4 Å². The van der Waals surface area contributed by atoms with E-state index in [1.165, 1.54) is 24.3 Å². The van der Waals surface area contributed by atoms with Gasteiger partial charge >= 0.3 is 0 Å². The summed E-state index contributed by atoms with van der Waals surface area (Å²) in [5.74, 6) is 0. The minimum absolute atomic E-state index is 0.178. The summed E-state index contributed by atoms with van der Waals surface area (Å²) >= 11 is 1.60. The van der Waals surface area contributed by atoms with Gasteiger partial charge in [0.05, 0.1) is 16.5 Å². The third-order valence-electron chi connectivity index (χ3n) is 2.54. The van der Waals surface area contributed by atoms with Crippen molar-refractivity contribution >= 4 is 21.4 Å². The maximum Gasteiger partial charge on any atom is 0.240 e. The van der Waals surface area contributed by atoms with E-state index in [1.807, 2.05) is 23.6 Å². The van der Waals surface area contributed by atoms with E-state index in [0.29, 0.717) is 18.5 Å². The second kappa shape index (κ2) is 5.97. The topological polar surface area (TPSA) is 70.0 Å². The van der Waals surface area contributed by atoms with E-state index in [0.717, 1.165) is 4.88 Å². The lowest BCUT2D eigenvalue weighted by Crippen LogP contribution is -2.25. The molecule has 0 fully saturated rings. The lowest BCUT2D eigenvalue weighted by atomic mass is 10.2. The Bertz CT molecular complexity index is 668. The van der Waals surface area contributed by atoms with E-state index >= 15 is 0 Å². The number of benzene rings is 1. The molecule has 19 heavy (non-hydrogen) atoms. The van der Waals surface area contributed by atoms with Crippen LogP contribution in [0, 0.1) is 11.3 Å². The Morgan fingerprint density at radius 1 is 1.21 bits per heavy atom. The predicted octanol–water partition coefficient (Wildman–Crippen LogP) is 2.14. The standard InChI is InChI=1S/C13H12N2O2S2/c14-10-11-3-5-13(6-4-11)19(16,17)15-8-7-12-2-1-9-18-12/h1-6,9,15H,7-8H2. The van der Waals surface area contributed by atoms with Crippen LogP contribution in [-0.2, 0) is 16.4 Å². The maximum atomic E-state index is 12.0. The van der Waals surface area contributed by atoms with Gasteiger partial charge in [0.15, 0.2) is 0 Å². The number of hydrogen-bond donors (Lipinski definition) is 1. The summed E-state index contributed by atoms with van der Waals surface area (Å²) in [7, 11) is -3.49. The van der Waals surface area contributed by atoms with Crippen molar-refractivity contribution in [1.82, 2.24) is 4.72 Å². The molecule has 1 aromatic carbocycles. The molecular weight excluding hydrogens is 280 g/mol. The quantitative estimate of drug-likeness (QED) is 0.918. The Kier molecular flexibility index (Phi) is 4.32. The Hall–Kier alpha value is -1.68. The van der Waals surface area contributed by atoms with E-state index in [4.69, 9.17) is 5.26 Å². The molecule has 0 aliphatic heterocycles. The van der Waals surface area contributed by atoms with Gasteiger partial charge in [-0.25, -0.2) is 13.1 Å². The van der Waals surface area contributed by atoms with E-state index in [9.17, 15) is 8.42 Å². The average molecular weight is 292 g/mol. The Labute approximate surface area is 116 Å². The zero-order valence-electron chi connectivity index (χ0n) is 10.0. The van der Waals surface area contributed by atoms with Crippen LogP contribution in [0.1, 0.15) is 10.4 Å². The fraction of sp³-hybridized carbons (Fsp3) is 0.154. The third kappa shape index (κ3) is 3.64. The fourth-order valence-electron chi connectivity index (χ4n) is 1.56. The van der Waals surface area contributed by atoms with Crippen LogP contribution >= 0.6 is 11.3 Å². The van der Waals surface area contributed by atoms with Crippen molar-refractivity contribution in [3.05, 3.63) is 52.2 Å². The summed E-state index contributed by atoms with van der Waals surface area (Å²) in [5, 5.41) is 10.6. The van der Waals surface area contributed by atoms with Gasteiger partial charge in [-0.15, -0.1) is 11.3 Å². The van der Waals surface area contributed by atoms with Crippen LogP contribution in [0.3, 0.4) is 0 Å². The first-order valence-electron chi connectivity index (χ1n) is 5.64. The number of thiophene rings is 1. The number of nitriles is 1. The zero-order valence-corrected chi connectivity index (χ0v) is 11.7. The predicted molar refractivity (Wildman–Crippen MR) is 74.4 cm³/mol. The minimum atomic E-state index is -3.49. The van der Waals surface area contributed by atoms with E-state index in [2.05, 4.69) is 4.72 Å². The number of rotatable bonds is 5. The van der Waals surface area contributed by atoms with Crippen LogP contribution < -0.4 is 4.72 Å². The smallest absolute Gasteiger partial charge is 0.211 e. The van der Waals surface area contributed by atoms with Crippen LogP contribution in [0.4, 0.5) is 0 Å². The van der Waals surface area contributed by atoms with Gasteiger partial charge in [-0.1, -0.05) is 6.07 Å². The van der Waals surface area contributed by atoms with Crippen molar-refractivity contribution < 1.29 is 8.42 Å². The first-order chi connectivity index (χ1) is 9.12. The summed E-state index contributed by atoms with van der Waals surface area (Å²) in [5.41, 5.74) is 0.442. The van der Waals surface area contributed by atoms with Crippen molar-refractivity contribution in [2.75, 3.05) is 6.54 Å². The van der Waals surface area contributed by atoms with E-state index in [-0.39, 0.29) is 4.90 Å². The minimum Gasteiger partial charge on any atom is -0.211 e. The highest BCUT2D eigenvalue weighted by Crippen LogP contribution is 2.11. The largest absolute Gasteiger partial charge is 0.240 e. The molecular formula is C13H12N2O2S2. The lowest BCUT2D eigenvalue weighted by Gasteiger charge is -2.05. The lowest BCUT2D eigenvalue weighted by molar-refractivity contribution is 0.582. The molecule has 0 unspecified atom stereocenters. The highest BCUT2D eigenvalue weighted by molar-refractivity contribution is 7.89. The van der Waals surface area contributed by atoms with Gasteiger partial charge in [0.1, 0.15) is 0 Å². The fourth-order valence-corrected chi connectivity index (χ4v) is 3.30. The van der Waals surface area contributed by atoms with Gasteiger partial charge in [0.2, 0.25) is 10.0 Å². The van der Waals surface area contributed by atoms with Gasteiger partial charge in [-0.3, -0.25) is 0 Å². The molecule has 0 spiro atoms. The highest BCUT2D eigenvalue weighted by atomic mass is 32.2. The summed E-state index contributed by atoms with van der Waals surface area (Å²) in [6.45, 7) is 0.364. The summed E-state index contributed by atoms with van der Waals surface area (Å²) < 4.78 is 26.5. The number of nitrogens with one attached hydrogen (secondary N) is 1. The molecule has 0 saturated carbocycles. The second-order valence-electron chi connectivity index (χ2n) is 3.86. The summed E-state index contributed by atoms with van der Waals surface area (Å²) in [4.78, 5) is 1.32.